The molecule has 0 unspecified atom stereocenters. The predicted octanol–water partition coefficient (Wildman–Crippen LogP) is -1.05. The van der Waals surface area contributed by atoms with Crippen LogP contribution in [0.25, 0.3) is 0 Å². The minimum Gasteiger partial charge on any atom is -1.00 e. The van der Waals surface area contributed by atoms with E-state index >= 15 is 0 Å². The van der Waals surface area contributed by atoms with E-state index in [0.29, 0.717) is 0 Å². The maximum atomic E-state index is 12.7. The SMILES string of the molecule is C=CCOc1c(F)c[c-]cc1F.[Br-].[Mg+2]. The minimum atomic E-state index is -0.753. The van der Waals surface area contributed by atoms with Gasteiger partial charge in [0.15, 0.2) is 0 Å². The zero-order valence-corrected chi connectivity index (χ0v) is 10.4. The summed E-state index contributed by atoms with van der Waals surface area (Å²) in [6, 6.07) is 4.32. The molecule has 1 aromatic rings. The Morgan fingerprint density at radius 2 is 1.86 bits per heavy atom. The molecule has 0 heterocycles. The van der Waals surface area contributed by atoms with Crippen molar-refractivity contribution in [2.45, 2.75) is 0 Å². The van der Waals surface area contributed by atoms with Crippen LogP contribution in [0, 0.1) is 17.7 Å². The maximum absolute atomic E-state index is 12.7. The topological polar surface area (TPSA) is 9.23 Å². The van der Waals surface area contributed by atoms with Gasteiger partial charge in [-0.25, -0.2) is 0 Å². The van der Waals surface area contributed by atoms with Gasteiger partial charge in [-0.3, -0.25) is 8.78 Å². The number of halogens is 3. The third-order valence-corrected chi connectivity index (χ3v) is 1.20. The van der Waals surface area contributed by atoms with Crippen LogP contribution in [0.5, 0.6) is 5.75 Å². The molecule has 0 saturated carbocycles. The summed E-state index contributed by atoms with van der Waals surface area (Å²) in [7, 11) is 0. The second-order valence-electron chi connectivity index (χ2n) is 2.08. The molecule has 14 heavy (non-hydrogen) atoms. The van der Waals surface area contributed by atoms with Crippen LogP contribution in [-0.2, 0) is 0 Å². The predicted molar refractivity (Wildman–Crippen MR) is 46.6 cm³/mol. The van der Waals surface area contributed by atoms with Crippen molar-refractivity contribution in [2.24, 2.45) is 0 Å². The fraction of sp³-hybridized carbons (Fsp3) is 0.111. The normalized spacial score (nSPS) is 8.14. The van der Waals surface area contributed by atoms with Gasteiger partial charge in [0.1, 0.15) is 6.61 Å². The molecule has 0 saturated heterocycles. The van der Waals surface area contributed by atoms with Crippen molar-refractivity contribution in [3.63, 3.8) is 0 Å². The summed E-state index contributed by atoms with van der Waals surface area (Å²) in [6.07, 6.45) is 1.41. The van der Waals surface area contributed by atoms with Gasteiger partial charge in [0.05, 0.1) is 17.4 Å². The van der Waals surface area contributed by atoms with E-state index < -0.39 is 11.6 Å². The van der Waals surface area contributed by atoms with E-state index in [1.165, 1.54) is 6.08 Å². The summed E-state index contributed by atoms with van der Waals surface area (Å²) in [6.45, 7) is 3.44. The smallest absolute Gasteiger partial charge is 1.00 e. The largest absolute Gasteiger partial charge is 2.00 e. The number of ether oxygens (including phenoxy) is 1. The van der Waals surface area contributed by atoms with Crippen LogP contribution in [0.1, 0.15) is 0 Å². The van der Waals surface area contributed by atoms with Gasteiger partial charge in [0, 0.05) is 0 Å². The number of rotatable bonds is 3. The molecule has 0 radical (unpaired) electrons. The molecule has 0 atom stereocenters. The van der Waals surface area contributed by atoms with Crippen LogP contribution < -0.4 is 21.7 Å². The van der Waals surface area contributed by atoms with E-state index in [-0.39, 0.29) is 52.4 Å². The van der Waals surface area contributed by atoms with Crippen LogP contribution >= 0.6 is 0 Å². The van der Waals surface area contributed by atoms with E-state index in [2.05, 4.69) is 12.6 Å². The van der Waals surface area contributed by atoms with Gasteiger partial charge in [0.2, 0.25) is 0 Å². The maximum Gasteiger partial charge on any atom is 2.00 e. The van der Waals surface area contributed by atoms with Crippen LogP contribution in [0.4, 0.5) is 8.78 Å². The average molecular weight is 273 g/mol. The van der Waals surface area contributed by atoms with Gasteiger partial charge in [-0.2, -0.15) is 6.07 Å². The van der Waals surface area contributed by atoms with Gasteiger partial charge in [-0.15, -0.1) is 12.1 Å². The third kappa shape index (κ3) is 4.39. The number of hydrogen-bond acceptors (Lipinski definition) is 1. The Morgan fingerprint density at radius 1 is 1.36 bits per heavy atom. The Labute approximate surface area is 108 Å². The molecule has 0 aliphatic rings. The molecule has 1 nitrogen and oxygen atoms in total. The Hall–Kier alpha value is -0.134. The molecule has 5 heteroatoms. The van der Waals surface area contributed by atoms with Gasteiger partial charge in [-0.1, -0.05) is 12.7 Å². The molecule has 0 N–H and O–H groups in total. The molecule has 0 bridgehead atoms. The first kappa shape index (κ1) is 16.3. The van der Waals surface area contributed by atoms with Crippen molar-refractivity contribution in [2.75, 3.05) is 6.61 Å². The van der Waals surface area contributed by atoms with Gasteiger partial charge < -0.3 is 21.7 Å². The summed E-state index contributed by atoms with van der Waals surface area (Å²) in [4.78, 5) is 0. The van der Waals surface area contributed by atoms with Crippen molar-refractivity contribution in [1.29, 1.82) is 0 Å². The quantitative estimate of drug-likeness (QED) is 0.388. The molecule has 0 aliphatic heterocycles. The zero-order chi connectivity index (χ0) is 8.97. The van der Waals surface area contributed by atoms with E-state index in [0.717, 1.165) is 12.1 Å². The summed E-state index contributed by atoms with van der Waals surface area (Å²) >= 11 is 0. The third-order valence-electron chi connectivity index (χ3n) is 1.20. The van der Waals surface area contributed by atoms with Crippen LogP contribution in [0.15, 0.2) is 24.8 Å². The molecule has 72 valence electrons. The Kier molecular flexibility index (Phi) is 9.55. The molecular formula is C9H7BrF2MgO. The van der Waals surface area contributed by atoms with Crippen molar-refractivity contribution >= 4 is 23.1 Å². The fourth-order valence-corrected chi connectivity index (χ4v) is 0.713. The second kappa shape index (κ2) is 8.20. The average Bonchev–Trinajstić information content (AvgIpc) is 2.04. The standard InChI is InChI=1S/C9H7F2O.BrH.Mg/c1-2-6-12-9-7(10)4-3-5-8(9)11;;/h2,4-5H,1,6H2;1H;/q-1;;+2/p-1. The first-order valence-electron chi connectivity index (χ1n) is 3.34. The van der Waals surface area contributed by atoms with E-state index in [1.807, 2.05) is 0 Å². The molecule has 0 aromatic heterocycles. The summed E-state index contributed by atoms with van der Waals surface area (Å²) in [5.74, 6) is -1.89. The molecule has 0 aliphatic carbocycles. The van der Waals surface area contributed by atoms with E-state index in [1.54, 1.807) is 0 Å². The van der Waals surface area contributed by atoms with Gasteiger partial charge in [0.25, 0.3) is 0 Å². The Morgan fingerprint density at radius 3 is 2.29 bits per heavy atom. The van der Waals surface area contributed by atoms with Crippen molar-refractivity contribution in [3.05, 3.63) is 42.5 Å². The summed E-state index contributed by atoms with van der Waals surface area (Å²) in [5, 5.41) is 0. The van der Waals surface area contributed by atoms with E-state index in [4.69, 9.17) is 4.74 Å². The summed E-state index contributed by atoms with van der Waals surface area (Å²) in [5.41, 5.74) is 0. The minimum absolute atomic E-state index is 0. The Balaban J connectivity index is 0. The first-order chi connectivity index (χ1) is 5.75. The molecule has 1 aromatic carbocycles. The van der Waals surface area contributed by atoms with E-state index in [9.17, 15) is 8.78 Å². The number of hydrogen-bond donors (Lipinski definition) is 0. The molecule has 0 amide bonds. The number of benzene rings is 1. The van der Waals surface area contributed by atoms with Crippen molar-refractivity contribution in [1.82, 2.24) is 0 Å². The fourth-order valence-electron chi connectivity index (χ4n) is 0.713. The monoisotopic (exact) mass is 272 g/mol. The molecular weight excluding hydrogens is 266 g/mol. The molecule has 1 rings (SSSR count). The molecule has 0 fully saturated rings. The van der Waals surface area contributed by atoms with Crippen LogP contribution in [-0.4, -0.2) is 29.7 Å². The Bertz CT molecular complexity index is 274. The first-order valence-corrected chi connectivity index (χ1v) is 3.34. The molecule has 0 spiro atoms. The van der Waals surface area contributed by atoms with Crippen LogP contribution in [0.3, 0.4) is 0 Å². The van der Waals surface area contributed by atoms with Gasteiger partial charge in [-0.05, 0) is 0 Å². The summed E-state index contributed by atoms with van der Waals surface area (Å²) < 4.78 is 30.2. The van der Waals surface area contributed by atoms with Crippen molar-refractivity contribution < 1.29 is 30.5 Å². The second-order valence-corrected chi connectivity index (χ2v) is 2.08. The van der Waals surface area contributed by atoms with Crippen molar-refractivity contribution in [3.8, 4) is 5.75 Å². The van der Waals surface area contributed by atoms with Gasteiger partial charge >= 0.3 is 23.1 Å². The zero-order valence-electron chi connectivity index (χ0n) is 7.40. The van der Waals surface area contributed by atoms with Crippen LogP contribution in [0.2, 0.25) is 0 Å².